The van der Waals surface area contributed by atoms with Gasteiger partial charge < -0.3 is 19.5 Å². The third-order valence-electron chi connectivity index (χ3n) is 5.64. The first-order chi connectivity index (χ1) is 18.9. The average molecular weight is 604 g/mol. The predicted octanol–water partition coefficient (Wildman–Crippen LogP) is 7.81. The monoisotopic (exact) mass is 602 g/mol. The Bertz CT molecular complexity index is 1510. The largest absolute Gasteiger partial charge is 0.493 e. The molecule has 0 bridgehead atoms. The van der Waals surface area contributed by atoms with Gasteiger partial charge in [0.2, 0.25) is 0 Å². The van der Waals surface area contributed by atoms with Gasteiger partial charge in [0, 0.05) is 20.7 Å². The smallest absolute Gasteiger partial charge is 0.266 e. The minimum atomic E-state index is -0.531. The van der Waals surface area contributed by atoms with Gasteiger partial charge in [-0.2, -0.15) is 5.26 Å². The molecule has 0 saturated heterocycles. The second-order valence-electron chi connectivity index (χ2n) is 8.35. The van der Waals surface area contributed by atoms with Gasteiger partial charge in [0.25, 0.3) is 5.91 Å². The number of benzene rings is 4. The maximum atomic E-state index is 12.8. The number of anilines is 1. The molecule has 0 atom stereocenters. The second-order valence-corrected chi connectivity index (χ2v) is 9.68. The van der Waals surface area contributed by atoms with Crippen LogP contribution >= 0.6 is 27.5 Å². The number of carbonyl (C=O) groups excluding carboxylic acids is 1. The lowest BCUT2D eigenvalue weighted by Crippen LogP contribution is -2.13. The number of hydrogen-bond donors (Lipinski definition) is 1. The first-order valence-electron chi connectivity index (χ1n) is 11.9. The normalized spacial score (nSPS) is 10.9. The molecule has 4 aromatic rings. The summed E-state index contributed by atoms with van der Waals surface area (Å²) < 4.78 is 18.1. The highest BCUT2D eigenvalue weighted by atomic mass is 79.9. The Morgan fingerprint density at radius 2 is 1.69 bits per heavy atom. The fourth-order valence-electron chi connectivity index (χ4n) is 3.56. The van der Waals surface area contributed by atoms with Crippen molar-refractivity contribution in [2.45, 2.75) is 13.2 Å². The number of nitrogens with zero attached hydrogens (tertiary/aromatic N) is 1. The molecule has 0 aromatic heterocycles. The van der Waals surface area contributed by atoms with E-state index in [9.17, 15) is 10.1 Å². The van der Waals surface area contributed by atoms with Gasteiger partial charge in [-0.1, -0.05) is 63.9 Å². The summed E-state index contributed by atoms with van der Waals surface area (Å²) in [6.45, 7) is 0.693. The summed E-state index contributed by atoms with van der Waals surface area (Å²) in [4.78, 5) is 12.8. The molecular formula is C31H24BrClN2O4. The molecule has 0 fully saturated rings. The van der Waals surface area contributed by atoms with Crippen molar-refractivity contribution in [3.05, 3.63) is 123 Å². The number of hydrogen-bond acceptors (Lipinski definition) is 5. The van der Waals surface area contributed by atoms with Crippen molar-refractivity contribution in [1.82, 2.24) is 0 Å². The molecule has 0 radical (unpaired) electrons. The average Bonchev–Trinajstić information content (AvgIpc) is 2.96. The molecule has 4 aromatic carbocycles. The van der Waals surface area contributed by atoms with Crippen LogP contribution in [0.5, 0.6) is 17.2 Å². The summed E-state index contributed by atoms with van der Waals surface area (Å²) in [5.41, 5.74) is 2.98. The Kier molecular flexibility index (Phi) is 9.63. The van der Waals surface area contributed by atoms with Gasteiger partial charge in [-0.25, -0.2) is 0 Å². The number of ether oxygens (including phenoxy) is 3. The number of amides is 1. The first kappa shape index (κ1) is 27.8. The van der Waals surface area contributed by atoms with Crippen LogP contribution in [0.3, 0.4) is 0 Å². The zero-order valence-corrected chi connectivity index (χ0v) is 23.3. The maximum absolute atomic E-state index is 12.8. The molecule has 39 heavy (non-hydrogen) atoms. The van der Waals surface area contributed by atoms with Crippen molar-refractivity contribution in [2.24, 2.45) is 0 Å². The predicted molar refractivity (Wildman–Crippen MR) is 156 cm³/mol. The molecular weight excluding hydrogens is 580 g/mol. The minimum absolute atomic E-state index is 0.0559. The highest BCUT2D eigenvalue weighted by Crippen LogP contribution is 2.30. The van der Waals surface area contributed by atoms with Crippen LogP contribution < -0.4 is 19.5 Å². The van der Waals surface area contributed by atoms with E-state index < -0.39 is 5.91 Å². The summed E-state index contributed by atoms with van der Waals surface area (Å²) in [7, 11) is 1.54. The lowest BCUT2D eigenvalue weighted by molar-refractivity contribution is -0.112. The Balaban J connectivity index is 1.38. The summed E-state index contributed by atoms with van der Waals surface area (Å²) in [5, 5.41) is 13.0. The van der Waals surface area contributed by atoms with Crippen molar-refractivity contribution in [3.8, 4) is 23.3 Å². The molecule has 1 N–H and O–H groups in total. The fraction of sp³-hybridized carbons (Fsp3) is 0.0968. The van der Waals surface area contributed by atoms with E-state index >= 15 is 0 Å². The highest BCUT2D eigenvalue weighted by molar-refractivity contribution is 9.10. The van der Waals surface area contributed by atoms with Crippen LogP contribution in [0.4, 0.5) is 5.69 Å². The fourth-order valence-corrected chi connectivity index (χ4v) is 4.01. The molecule has 6 nitrogen and oxygen atoms in total. The summed E-state index contributed by atoms with van der Waals surface area (Å²) >= 11 is 9.58. The Hall–Kier alpha value is -4.25. The van der Waals surface area contributed by atoms with Crippen LogP contribution in [-0.4, -0.2) is 13.0 Å². The van der Waals surface area contributed by atoms with E-state index in [-0.39, 0.29) is 5.57 Å². The summed E-state index contributed by atoms with van der Waals surface area (Å²) in [6.07, 6.45) is 1.50. The van der Waals surface area contributed by atoms with Crippen molar-refractivity contribution < 1.29 is 19.0 Å². The number of halogens is 2. The number of nitrogens with one attached hydrogen (secondary N) is 1. The van der Waals surface area contributed by atoms with Gasteiger partial charge in [-0.15, -0.1) is 0 Å². The van der Waals surface area contributed by atoms with Gasteiger partial charge in [0.1, 0.15) is 30.6 Å². The van der Waals surface area contributed by atoms with Gasteiger partial charge >= 0.3 is 0 Å². The van der Waals surface area contributed by atoms with E-state index in [1.807, 2.05) is 54.6 Å². The number of carbonyl (C=O) groups is 1. The van der Waals surface area contributed by atoms with Crippen LogP contribution in [0.2, 0.25) is 5.02 Å². The minimum Gasteiger partial charge on any atom is -0.493 e. The van der Waals surface area contributed by atoms with E-state index in [1.54, 1.807) is 42.5 Å². The molecule has 8 heteroatoms. The number of methoxy groups -OCH3 is 1. The molecule has 1 amide bonds. The third-order valence-corrected chi connectivity index (χ3v) is 6.53. The lowest BCUT2D eigenvalue weighted by Gasteiger charge is -2.12. The Morgan fingerprint density at radius 1 is 0.949 bits per heavy atom. The van der Waals surface area contributed by atoms with Crippen LogP contribution in [0.15, 0.2) is 101 Å². The van der Waals surface area contributed by atoms with Crippen molar-refractivity contribution >= 4 is 45.2 Å². The van der Waals surface area contributed by atoms with E-state index in [0.29, 0.717) is 46.7 Å². The summed E-state index contributed by atoms with van der Waals surface area (Å²) in [5.74, 6) is 1.14. The van der Waals surface area contributed by atoms with Gasteiger partial charge in [-0.05, 0) is 71.8 Å². The maximum Gasteiger partial charge on any atom is 0.266 e. The molecule has 4 rings (SSSR count). The molecule has 0 aliphatic rings. The molecule has 0 aliphatic heterocycles. The quantitative estimate of drug-likeness (QED) is 0.148. The molecule has 0 unspecified atom stereocenters. The van der Waals surface area contributed by atoms with Crippen molar-refractivity contribution in [3.63, 3.8) is 0 Å². The highest BCUT2D eigenvalue weighted by Gasteiger charge is 2.12. The van der Waals surface area contributed by atoms with E-state index in [0.717, 1.165) is 15.6 Å². The van der Waals surface area contributed by atoms with Gasteiger partial charge in [0.05, 0.1) is 7.11 Å². The van der Waals surface area contributed by atoms with Crippen molar-refractivity contribution in [2.75, 3.05) is 12.4 Å². The molecule has 0 saturated carbocycles. The third kappa shape index (κ3) is 7.87. The SMILES string of the molecule is COc1cc(/C=C(\C#N)C(=O)Nc2ccc(OCc3ccccc3Cl)cc2)ccc1OCc1ccc(Br)cc1. The zero-order valence-electron chi connectivity index (χ0n) is 21.0. The molecule has 0 spiro atoms. The van der Waals surface area contributed by atoms with Crippen LogP contribution in [0.1, 0.15) is 16.7 Å². The van der Waals surface area contributed by atoms with E-state index in [4.69, 9.17) is 25.8 Å². The van der Waals surface area contributed by atoms with Gasteiger partial charge in [-0.3, -0.25) is 4.79 Å². The van der Waals surface area contributed by atoms with E-state index in [2.05, 4.69) is 21.2 Å². The molecule has 196 valence electrons. The van der Waals surface area contributed by atoms with Crippen LogP contribution in [0.25, 0.3) is 6.08 Å². The Morgan fingerprint density at radius 3 is 2.38 bits per heavy atom. The number of nitriles is 1. The summed E-state index contributed by atoms with van der Waals surface area (Å²) in [6, 6.07) is 29.4. The van der Waals surface area contributed by atoms with Crippen LogP contribution in [0, 0.1) is 11.3 Å². The molecule has 0 heterocycles. The zero-order chi connectivity index (χ0) is 27.6. The standard InChI is InChI=1S/C31H24BrClN2O4/c1-37-30-17-22(8-15-29(30)39-19-21-6-9-25(32)10-7-21)16-24(18-34)31(36)35-26-11-13-27(14-12-26)38-20-23-4-2-3-5-28(23)33/h2-17H,19-20H2,1H3,(H,35,36)/b24-16+. The van der Waals surface area contributed by atoms with Gasteiger partial charge in [0.15, 0.2) is 11.5 Å². The lowest BCUT2D eigenvalue weighted by atomic mass is 10.1. The topological polar surface area (TPSA) is 80.6 Å². The molecule has 0 aliphatic carbocycles. The first-order valence-corrected chi connectivity index (χ1v) is 13.1. The number of rotatable bonds is 10. The Labute approximate surface area is 240 Å². The van der Waals surface area contributed by atoms with Crippen molar-refractivity contribution in [1.29, 1.82) is 5.26 Å². The van der Waals surface area contributed by atoms with Crippen LogP contribution in [-0.2, 0) is 18.0 Å². The van der Waals surface area contributed by atoms with E-state index in [1.165, 1.54) is 13.2 Å². The second kappa shape index (κ2) is 13.5.